The van der Waals surface area contributed by atoms with Crippen molar-refractivity contribution in [3.05, 3.63) is 42.1 Å². The third-order valence-corrected chi connectivity index (χ3v) is 7.23. The van der Waals surface area contributed by atoms with Gasteiger partial charge in [-0.2, -0.15) is 10.2 Å². The van der Waals surface area contributed by atoms with Gasteiger partial charge >= 0.3 is 0 Å². The number of carbonyl (C=O) groups excluding carboxylic acids is 1. The lowest BCUT2D eigenvalue weighted by Crippen LogP contribution is -2.40. The van der Waals surface area contributed by atoms with Crippen LogP contribution in [0.4, 0.5) is 0 Å². The number of carbonyl (C=O) groups is 1. The van der Waals surface area contributed by atoms with Crippen molar-refractivity contribution in [1.82, 2.24) is 34.0 Å². The summed E-state index contributed by atoms with van der Waals surface area (Å²) in [5, 5.41) is 10.2. The largest absolute Gasteiger partial charge is 0.381 e. The first-order valence-corrected chi connectivity index (χ1v) is 11.8. The fourth-order valence-electron chi connectivity index (χ4n) is 5.45. The molecule has 5 heterocycles. The number of aryl methyl sites for hydroxylation is 2. The molecule has 9 nitrogen and oxygen atoms in total. The van der Waals surface area contributed by atoms with E-state index in [9.17, 15) is 4.79 Å². The summed E-state index contributed by atoms with van der Waals surface area (Å²) in [5.41, 5.74) is 6.05. The molecule has 0 unspecified atom stereocenters. The summed E-state index contributed by atoms with van der Waals surface area (Å²) in [7, 11) is 5.75. The number of benzene rings is 1. The number of fused-ring (bicyclic) bond motifs is 2. The van der Waals surface area contributed by atoms with E-state index in [1.807, 2.05) is 50.0 Å². The minimum Gasteiger partial charge on any atom is -0.381 e. The number of amides is 1. The van der Waals surface area contributed by atoms with Crippen LogP contribution in [0.25, 0.3) is 33.4 Å². The second kappa shape index (κ2) is 7.80. The molecule has 176 valence electrons. The highest BCUT2D eigenvalue weighted by Gasteiger charge is 2.35. The zero-order valence-electron chi connectivity index (χ0n) is 20.0. The maximum Gasteiger partial charge on any atom is 0.245 e. The lowest BCUT2D eigenvalue weighted by atomic mass is 9.98. The Hall–Kier alpha value is -3.46. The molecule has 0 N–H and O–H groups in total. The van der Waals surface area contributed by atoms with E-state index in [0.29, 0.717) is 12.5 Å². The first-order valence-electron chi connectivity index (χ1n) is 11.8. The molecule has 0 spiro atoms. The Morgan fingerprint density at radius 1 is 1.06 bits per heavy atom. The summed E-state index contributed by atoms with van der Waals surface area (Å²) in [5.74, 6) is 1.44. The van der Waals surface area contributed by atoms with Crippen molar-refractivity contribution >= 4 is 16.8 Å². The fraction of sp³-hybridized carbons (Fsp3) is 0.440. The Morgan fingerprint density at radius 2 is 1.85 bits per heavy atom. The van der Waals surface area contributed by atoms with Gasteiger partial charge in [0.1, 0.15) is 17.6 Å². The predicted molar refractivity (Wildman–Crippen MR) is 128 cm³/mol. The molecule has 1 atom stereocenters. The fourth-order valence-corrected chi connectivity index (χ4v) is 5.45. The maximum atomic E-state index is 12.9. The van der Waals surface area contributed by atoms with Crippen LogP contribution in [-0.4, -0.2) is 60.2 Å². The zero-order valence-corrected chi connectivity index (χ0v) is 20.0. The van der Waals surface area contributed by atoms with Crippen molar-refractivity contribution in [2.75, 3.05) is 20.3 Å². The quantitative estimate of drug-likeness (QED) is 0.470. The van der Waals surface area contributed by atoms with Gasteiger partial charge in [0.05, 0.1) is 29.6 Å². The van der Waals surface area contributed by atoms with E-state index in [4.69, 9.17) is 14.8 Å². The summed E-state index contributed by atoms with van der Waals surface area (Å²) >= 11 is 0. The molecular weight excluding hydrogens is 430 g/mol. The zero-order chi connectivity index (χ0) is 23.6. The average Bonchev–Trinajstić information content (AvgIpc) is 3.53. The van der Waals surface area contributed by atoms with Crippen molar-refractivity contribution in [3.8, 4) is 22.5 Å². The molecule has 0 bridgehead atoms. The van der Waals surface area contributed by atoms with Crippen molar-refractivity contribution in [3.63, 3.8) is 0 Å². The topological polar surface area (TPSA) is 83.0 Å². The smallest absolute Gasteiger partial charge is 0.245 e. The van der Waals surface area contributed by atoms with E-state index in [1.165, 1.54) is 0 Å². The third kappa shape index (κ3) is 3.18. The highest BCUT2D eigenvalue weighted by atomic mass is 16.5. The molecule has 2 aliphatic heterocycles. The van der Waals surface area contributed by atoms with Crippen LogP contribution in [0.5, 0.6) is 0 Å². The molecule has 6 rings (SSSR count). The second-order valence-electron chi connectivity index (χ2n) is 9.50. The number of hydrogen-bond donors (Lipinski definition) is 0. The van der Waals surface area contributed by atoms with Crippen LogP contribution < -0.4 is 0 Å². The minimum absolute atomic E-state index is 0.131. The van der Waals surface area contributed by atoms with Crippen LogP contribution in [0.15, 0.2) is 30.6 Å². The van der Waals surface area contributed by atoms with Gasteiger partial charge in [0.2, 0.25) is 5.91 Å². The van der Waals surface area contributed by atoms with Crippen LogP contribution in [0.2, 0.25) is 0 Å². The standard InChI is InChI=1S/C25H29N7O2/c1-15-25(33)29(2)14-21-23(27-24(32(15)21)16-7-9-34-10-8-16)17-5-6-20-19(11-17)22(28-31(20)4)18-12-26-30(3)13-18/h5-6,11-13,15-16H,7-10,14H2,1-4H3/t15-/m1/s1. The first-order chi connectivity index (χ1) is 16.4. The third-order valence-electron chi connectivity index (χ3n) is 7.23. The van der Waals surface area contributed by atoms with Crippen LogP contribution in [0, 0.1) is 0 Å². The lowest BCUT2D eigenvalue weighted by Gasteiger charge is -2.32. The summed E-state index contributed by atoms with van der Waals surface area (Å²) in [6.45, 7) is 4.01. The van der Waals surface area contributed by atoms with Crippen molar-refractivity contribution in [2.45, 2.75) is 38.3 Å². The minimum atomic E-state index is -0.263. The monoisotopic (exact) mass is 459 g/mol. The molecule has 2 aliphatic rings. The van der Waals surface area contributed by atoms with Gasteiger partial charge in [0.25, 0.3) is 0 Å². The van der Waals surface area contributed by atoms with Crippen LogP contribution in [0.3, 0.4) is 0 Å². The van der Waals surface area contributed by atoms with Crippen LogP contribution in [-0.2, 0) is 30.2 Å². The number of rotatable bonds is 3. The SMILES string of the molecule is C[C@@H]1C(=O)N(C)Cc2c(-c3ccc4c(c3)c(-c3cnn(C)c3)nn4C)nc(C3CCOCC3)n21. The Kier molecular flexibility index (Phi) is 4.84. The highest BCUT2D eigenvalue weighted by molar-refractivity contribution is 5.96. The number of hydrogen-bond acceptors (Lipinski definition) is 5. The molecule has 0 aliphatic carbocycles. The van der Waals surface area contributed by atoms with Crippen LogP contribution >= 0.6 is 0 Å². The molecule has 0 saturated carbocycles. The molecule has 34 heavy (non-hydrogen) atoms. The van der Waals surface area contributed by atoms with Gasteiger partial charge in [-0.05, 0) is 31.9 Å². The first kappa shape index (κ1) is 21.1. The van der Waals surface area contributed by atoms with E-state index in [-0.39, 0.29) is 11.9 Å². The maximum absolute atomic E-state index is 12.9. The van der Waals surface area contributed by atoms with E-state index < -0.39 is 0 Å². The van der Waals surface area contributed by atoms with Crippen LogP contribution in [0.1, 0.15) is 43.2 Å². The van der Waals surface area contributed by atoms with E-state index in [1.54, 1.807) is 4.68 Å². The van der Waals surface area contributed by atoms with E-state index in [2.05, 4.69) is 27.9 Å². The number of aromatic nitrogens is 6. The Bertz CT molecular complexity index is 1410. The molecule has 1 amide bonds. The number of ether oxygens (including phenoxy) is 1. The van der Waals surface area contributed by atoms with Gasteiger partial charge in [-0.3, -0.25) is 14.2 Å². The van der Waals surface area contributed by atoms with Crippen molar-refractivity contribution < 1.29 is 9.53 Å². The van der Waals surface area contributed by atoms with Gasteiger partial charge in [0, 0.05) is 63.0 Å². The van der Waals surface area contributed by atoms with Gasteiger partial charge in [-0.1, -0.05) is 6.07 Å². The number of imidazole rings is 1. The van der Waals surface area contributed by atoms with E-state index in [0.717, 1.165) is 71.0 Å². The summed E-state index contributed by atoms with van der Waals surface area (Å²) in [6.07, 6.45) is 5.69. The highest BCUT2D eigenvalue weighted by Crippen LogP contribution is 2.39. The van der Waals surface area contributed by atoms with Gasteiger partial charge < -0.3 is 14.2 Å². The molecule has 1 fully saturated rings. The Labute approximate surface area is 197 Å². The molecule has 0 radical (unpaired) electrons. The summed E-state index contributed by atoms with van der Waals surface area (Å²) in [4.78, 5) is 19.9. The van der Waals surface area contributed by atoms with Gasteiger partial charge in [-0.25, -0.2) is 4.98 Å². The molecule has 3 aromatic heterocycles. The lowest BCUT2D eigenvalue weighted by molar-refractivity contribution is -0.135. The van der Waals surface area contributed by atoms with Crippen molar-refractivity contribution in [2.24, 2.45) is 14.1 Å². The van der Waals surface area contributed by atoms with Gasteiger partial charge in [-0.15, -0.1) is 0 Å². The molecule has 1 saturated heterocycles. The normalized spacial score (nSPS) is 19.2. The second-order valence-corrected chi connectivity index (χ2v) is 9.50. The number of nitrogens with zero attached hydrogens (tertiary/aromatic N) is 7. The van der Waals surface area contributed by atoms with Gasteiger partial charge in [0.15, 0.2) is 0 Å². The predicted octanol–water partition coefficient (Wildman–Crippen LogP) is 3.26. The Morgan fingerprint density at radius 3 is 2.59 bits per heavy atom. The Balaban J connectivity index is 1.54. The number of likely N-dealkylation sites (N-methyl/N-ethyl adjacent to an activating group) is 1. The molecule has 4 aromatic rings. The summed E-state index contributed by atoms with van der Waals surface area (Å²) < 4.78 is 11.5. The van der Waals surface area contributed by atoms with Crippen molar-refractivity contribution in [1.29, 1.82) is 0 Å². The molecular formula is C25H29N7O2. The molecule has 1 aromatic carbocycles. The summed E-state index contributed by atoms with van der Waals surface area (Å²) in [6, 6.07) is 6.15. The molecule has 9 heteroatoms. The average molecular weight is 460 g/mol. The van der Waals surface area contributed by atoms with E-state index >= 15 is 0 Å².